The van der Waals surface area contributed by atoms with Crippen molar-refractivity contribution in [3.63, 3.8) is 0 Å². The van der Waals surface area contributed by atoms with E-state index in [2.05, 4.69) is 21.2 Å². The van der Waals surface area contributed by atoms with E-state index < -0.39 is 63.6 Å². The van der Waals surface area contributed by atoms with E-state index in [0.29, 0.717) is 18.9 Å². The van der Waals surface area contributed by atoms with Crippen molar-refractivity contribution < 1.29 is 27.1 Å². The molecule has 0 bridgehead atoms. The van der Waals surface area contributed by atoms with E-state index in [9.17, 15) is 32.4 Å². The summed E-state index contributed by atoms with van der Waals surface area (Å²) in [5.74, 6) is -5.29. The molecule has 40 heavy (non-hydrogen) atoms. The molecule has 1 aromatic carbocycles. The zero-order chi connectivity index (χ0) is 28.4. The largest absolute Gasteiger partial charge is 0.378 e. The number of benzene rings is 1. The fourth-order valence-electron chi connectivity index (χ4n) is 6.51. The SMILES string of the molecule is N#CC1(NC(=O)[C@@H]2C[C@@H](S(=O)(=O)c3ccc(N4CCN(C5CC5)CC4)cc3Cl)C[C@H]2C(O)N2CC(F)(F)C2)CC1. The van der Waals surface area contributed by atoms with Gasteiger partial charge in [-0.15, -0.1) is 0 Å². The van der Waals surface area contributed by atoms with Gasteiger partial charge >= 0.3 is 0 Å². The molecule has 9 nitrogen and oxygen atoms in total. The first-order valence-electron chi connectivity index (χ1n) is 14.0. The van der Waals surface area contributed by atoms with Gasteiger partial charge in [0.15, 0.2) is 9.84 Å². The summed E-state index contributed by atoms with van der Waals surface area (Å²) in [6, 6.07) is 7.70. The monoisotopic (exact) mass is 597 g/mol. The number of likely N-dealkylation sites (tertiary alicyclic amines) is 1. The molecule has 3 saturated carbocycles. The lowest BCUT2D eigenvalue weighted by molar-refractivity contribution is -0.199. The Balaban J connectivity index is 1.19. The van der Waals surface area contributed by atoms with Crippen LogP contribution in [0, 0.1) is 23.2 Å². The molecule has 1 aromatic rings. The Morgan fingerprint density at radius 2 is 1.82 bits per heavy atom. The molecule has 0 spiro atoms. The number of nitrogens with one attached hydrogen (secondary N) is 1. The fraction of sp³-hybridized carbons (Fsp3) is 0.704. The highest BCUT2D eigenvalue weighted by atomic mass is 35.5. The number of nitriles is 1. The van der Waals surface area contributed by atoms with Gasteiger partial charge in [0.2, 0.25) is 5.91 Å². The van der Waals surface area contributed by atoms with Crippen LogP contribution < -0.4 is 10.2 Å². The van der Waals surface area contributed by atoms with Gasteiger partial charge in [0, 0.05) is 49.7 Å². The maximum atomic E-state index is 13.8. The van der Waals surface area contributed by atoms with E-state index in [1.807, 2.05) is 0 Å². The third-order valence-corrected chi connectivity index (χ3v) is 11.9. The van der Waals surface area contributed by atoms with Crippen LogP contribution in [0.25, 0.3) is 0 Å². The number of aliphatic hydroxyl groups excluding tert-OH is 1. The van der Waals surface area contributed by atoms with Crippen molar-refractivity contribution in [2.45, 2.75) is 72.4 Å². The molecule has 1 amide bonds. The van der Waals surface area contributed by atoms with Gasteiger partial charge in [0.05, 0.1) is 34.3 Å². The van der Waals surface area contributed by atoms with E-state index in [0.717, 1.165) is 31.9 Å². The number of sulfone groups is 1. The quantitative estimate of drug-likeness (QED) is 0.469. The van der Waals surface area contributed by atoms with Gasteiger partial charge in [-0.3, -0.25) is 14.6 Å². The number of amides is 1. The van der Waals surface area contributed by atoms with Crippen LogP contribution in [0.3, 0.4) is 0 Å². The van der Waals surface area contributed by atoms with Crippen molar-refractivity contribution in [2.24, 2.45) is 11.8 Å². The second kappa shape index (κ2) is 10.1. The molecule has 5 aliphatic rings. The normalized spacial score (nSPS) is 30.8. The van der Waals surface area contributed by atoms with Crippen LogP contribution >= 0.6 is 11.6 Å². The average molecular weight is 598 g/mol. The van der Waals surface area contributed by atoms with Crippen LogP contribution in [0.2, 0.25) is 5.02 Å². The minimum Gasteiger partial charge on any atom is -0.378 e. The molecule has 1 unspecified atom stereocenters. The van der Waals surface area contributed by atoms with E-state index in [-0.39, 0.29) is 22.8 Å². The van der Waals surface area contributed by atoms with Crippen molar-refractivity contribution in [3.05, 3.63) is 23.2 Å². The van der Waals surface area contributed by atoms with Crippen molar-refractivity contribution in [3.8, 4) is 6.07 Å². The number of hydrogen-bond donors (Lipinski definition) is 2. The number of hydrogen-bond acceptors (Lipinski definition) is 8. The third kappa shape index (κ3) is 5.31. The molecule has 2 saturated heterocycles. The van der Waals surface area contributed by atoms with E-state index >= 15 is 0 Å². The number of halogens is 3. The maximum absolute atomic E-state index is 13.8. The number of anilines is 1. The van der Waals surface area contributed by atoms with Crippen LogP contribution in [-0.4, -0.2) is 97.5 Å². The molecule has 5 fully saturated rings. The van der Waals surface area contributed by atoms with Gasteiger partial charge < -0.3 is 15.3 Å². The molecule has 0 radical (unpaired) electrons. The number of rotatable bonds is 8. The van der Waals surface area contributed by atoms with Crippen molar-refractivity contribution in [1.82, 2.24) is 15.1 Å². The Bertz CT molecular complexity index is 1320. The van der Waals surface area contributed by atoms with Crippen LogP contribution in [0.15, 0.2) is 23.1 Å². The molecule has 4 atom stereocenters. The summed E-state index contributed by atoms with van der Waals surface area (Å²) < 4.78 is 54.7. The number of carbonyl (C=O) groups is 1. The summed E-state index contributed by atoms with van der Waals surface area (Å²) in [7, 11) is -4.01. The Morgan fingerprint density at radius 3 is 2.38 bits per heavy atom. The molecular formula is C27H34ClF2N5O4S. The molecule has 2 aliphatic heterocycles. The van der Waals surface area contributed by atoms with Crippen LogP contribution in [-0.2, 0) is 14.6 Å². The molecule has 13 heteroatoms. The third-order valence-electron chi connectivity index (χ3n) is 9.26. The highest BCUT2D eigenvalue weighted by Gasteiger charge is 2.55. The Hall–Kier alpha value is -2.04. The maximum Gasteiger partial charge on any atom is 0.273 e. The Morgan fingerprint density at radius 1 is 1.15 bits per heavy atom. The van der Waals surface area contributed by atoms with Gasteiger partial charge in [0.1, 0.15) is 11.8 Å². The zero-order valence-corrected chi connectivity index (χ0v) is 23.7. The van der Waals surface area contributed by atoms with Crippen molar-refractivity contribution in [1.29, 1.82) is 5.26 Å². The minimum atomic E-state index is -4.01. The second-order valence-corrected chi connectivity index (χ2v) is 14.7. The van der Waals surface area contributed by atoms with Crippen molar-refractivity contribution in [2.75, 3.05) is 44.2 Å². The topological polar surface area (TPSA) is 117 Å². The fourth-order valence-corrected chi connectivity index (χ4v) is 8.89. The molecular weight excluding hydrogens is 564 g/mol. The first-order chi connectivity index (χ1) is 18.9. The highest BCUT2D eigenvalue weighted by Crippen LogP contribution is 2.45. The summed E-state index contributed by atoms with van der Waals surface area (Å²) in [6.07, 6.45) is 1.92. The smallest absolute Gasteiger partial charge is 0.273 e. The van der Waals surface area contributed by atoms with Crippen LogP contribution in [0.4, 0.5) is 14.5 Å². The van der Waals surface area contributed by atoms with Crippen LogP contribution in [0.5, 0.6) is 0 Å². The first-order valence-corrected chi connectivity index (χ1v) is 15.9. The first kappa shape index (κ1) is 28.1. The van der Waals surface area contributed by atoms with E-state index in [1.165, 1.54) is 23.8 Å². The van der Waals surface area contributed by atoms with Gasteiger partial charge in [-0.25, -0.2) is 17.2 Å². The van der Waals surface area contributed by atoms with Crippen molar-refractivity contribution >= 4 is 33.0 Å². The predicted octanol–water partition coefficient (Wildman–Crippen LogP) is 2.23. The summed E-state index contributed by atoms with van der Waals surface area (Å²) in [4.78, 5) is 19.0. The zero-order valence-electron chi connectivity index (χ0n) is 22.1. The highest BCUT2D eigenvalue weighted by molar-refractivity contribution is 7.92. The summed E-state index contributed by atoms with van der Waals surface area (Å²) in [5.41, 5.74) is -0.127. The van der Waals surface area contributed by atoms with Gasteiger partial charge in [0.25, 0.3) is 5.92 Å². The van der Waals surface area contributed by atoms with Gasteiger partial charge in [-0.2, -0.15) is 5.26 Å². The second-order valence-electron chi connectivity index (χ2n) is 12.1. The summed E-state index contributed by atoms with van der Waals surface area (Å²) >= 11 is 6.55. The average Bonchev–Trinajstić information content (AvgIpc) is 3.84. The van der Waals surface area contributed by atoms with Gasteiger partial charge in [-0.05, 0) is 56.7 Å². The summed E-state index contributed by atoms with van der Waals surface area (Å²) in [6.45, 7) is 2.26. The molecule has 3 aliphatic carbocycles. The Kier molecular flexibility index (Phi) is 7.06. The lowest BCUT2D eigenvalue weighted by Gasteiger charge is -2.44. The minimum absolute atomic E-state index is 0.0417. The molecule has 2 N–H and O–H groups in total. The number of piperazine rings is 1. The van der Waals surface area contributed by atoms with E-state index in [4.69, 9.17) is 11.6 Å². The molecule has 2 heterocycles. The molecule has 6 rings (SSSR count). The van der Waals surface area contributed by atoms with E-state index in [1.54, 1.807) is 12.1 Å². The summed E-state index contributed by atoms with van der Waals surface area (Å²) in [5, 5.41) is 22.1. The standard InChI is InChI=1S/C27H34ClF2N5O4S/c28-22-11-18(34-9-7-33(8-10-34)17-1-2-17)3-4-23(22)40(38,39)19-12-20(24(36)32-26(14-31)5-6-26)21(13-19)25(37)35-15-27(29,30)16-35/h3-4,11,17,19-21,25,37H,1-2,5-10,12-13,15-16H2,(H,32,36)/t19-,20-,21-,25?/m1/s1. The predicted molar refractivity (Wildman–Crippen MR) is 144 cm³/mol. The molecule has 218 valence electrons. The van der Waals surface area contributed by atoms with Gasteiger partial charge in [-0.1, -0.05) is 11.6 Å². The molecule has 0 aromatic heterocycles. The number of alkyl halides is 2. The lowest BCUT2D eigenvalue weighted by Crippen LogP contribution is -2.62. The van der Waals surface area contributed by atoms with Crippen LogP contribution in [0.1, 0.15) is 38.5 Å². The lowest BCUT2D eigenvalue weighted by atomic mass is 9.91. The number of aliphatic hydroxyl groups is 1. The number of nitrogens with zero attached hydrogens (tertiary/aromatic N) is 4. The number of carbonyl (C=O) groups excluding carboxylic acids is 1. The Labute approximate surface area is 238 Å².